The van der Waals surface area contributed by atoms with Gasteiger partial charge in [-0.05, 0) is 110 Å². The van der Waals surface area contributed by atoms with Gasteiger partial charge in [0.05, 0.1) is 53.8 Å². The van der Waals surface area contributed by atoms with Gasteiger partial charge in [0.2, 0.25) is 0 Å². The summed E-state index contributed by atoms with van der Waals surface area (Å²) in [5.41, 5.74) is 1.04. The number of aryl methyl sites for hydroxylation is 3. The highest BCUT2D eigenvalue weighted by atomic mass is 16.7. The topological polar surface area (TPSA) is 236 Å². The molecule has 2 aromatic heterocycles. The number of hydrogen-bond acceptors (Lipinski definition) is 17. The van der Waals surface area contributed by atoms with E-state index in [0.717, 1.165) is 40.1 Å². The summed E-state index contributed by atoms with van der Waals surface area (Å²) in [6.07, 6.45) is -5.20. The molecule has 3 aliphatic rings. The Morgan fingerprint density at radius 3 is 2.10 bits per heavy atom. The molecule has 0 spiro atoms. The Bertz CT molecular complexity index is 2720. The zero-order valence-electron chi connectivity index (χ0n) is 48.6. The molecule has 18 atom stereocenters. The molecule has 3 aliphatic heterocycles. The zero-order chi connectivity index (χ0) is 57.9. The first-order chi connectivity index (χ1) is 37.2. The largest absolute Gasteiger partial charge is 0.459 e. The third kappa shape index (κ3) is 13.8. The first kappa shape index (κ1) is 61.8. The van der Waals surface area contributed by atoms with E-state index in [4.69, 9.17) is 33.2 Å². The Labute approximate surface area is 465 Å². The van der Waals surface area contributed by atoms with E-state index in [0.29, 0.717) is 19.5 Å². The van der Waals surface area contributed by atoms with Gasteiger partial charge in [0.1, 0.15) is 35.4 Å². The minimum absolute atomic E-state index is 0.0625. The van der Waals surface area contributed by atoms with Crippen molar-refractivity contribution in [2.45, 2.75) is 206 Å². The Morgan fingerprint density at radius 2 is 1.46 bits per heavy atom. The Balaban J connectivity index is 1.10. The second kappa shape index (κ2) is 25.6. The van der Waals surface area contributed by atoms with E-state index in [-0.39, 0.29) is 36.7 Å². The number of nitrogens with zero attached hydrogens (tertiary/aromatic N) is 5. The predicted molar refractivity (Wildman–Crippen MR) is 295 cm³/mol. The molecule has 19 heteroatoms. The van der Waals surface area contributed by atoms with E-state index < -0.39 is 108 Å². The number of pyridine rings is 1. The van der Waals surface area contributed by atoms with Crippen molar-refractivity contribution in [1.29, 1.82) is 0 Å². The predicted octanol–water partition coefficient (Wildman–Crippen LogP) is 5.97. The average Bonchev–Trinajstić information content (AvgIpc) is 4.01. The number of methoxy groups -OCH3 is 2. The number of esters is 1. The van der Waals surface area contributed by atoms with Crippen molar-refractivity contribution in [3.8, 4) is 16.9 Å². The molecule has 79 heavy (non-hydrogen) atoms. The third-order valence-electron chi connectivity index (χ3n) is 17.3. The SMILES string of the molecule is CCC1OC(=O)[C@H](C)[C@H](OC2C[C@@](C)(OC)[C@@H](O)[C@H](C)O2)[C@H](C)[C@@H](OC2O[C@H](C)C[C@H](N(C)Cc3ccc(-c4cn(CCc5ccc(-n6cc(C)ccc6=O)cc5)nn4)cc3)[C@H]2O)[C@@](C)(OC)C[C@@H](C)C(=O)[C@H](C)[C@@H](O)[C@]1(C)O. The van der Waals surface area contributed by atoms with E-state index in [1.54, 1.807) is 65.2 Å². The highest BCUT2D eigenvalue weighted by Gasteiger charge is 2.54. The van der Waals surface area contributed by atoms with E-state index in [2.05, 4.69) is 15.2 Å². The number of likely N-dealkylation sites (N-methyl/N-ethyl adjacent to an activating group) is 1. The van der Waals surface area contributed by atoms with Crippen molar-refractivity contribution in [3.63, 3.8) is 0 Å². The van der Waals surface area contributed by atoms with Crippen molar-refractivity contribution in [2.24, 2.45) is 23.7 Å². The summed E-state index contributed by atoms with van der Waals surface area (Å²) >= 11 is 0. The maximum atomic E-state index is 14.5. The van der Waals surface area contributed by atoms with Crippen molar-refractivity contribution in [3.05, 3.63) is 100 Å². The van der Waals surface area contributed by atoms with Gasteiger partial charge in [-0.25, -0.2) is 0 Å². The molecule has 19 nitrogen and oxygen atoms in total. The summed E-state index contributed by atoms with van der Waals surface area (Å²) in [7, 11) is 4.95. The van der Waals surface area contributed by atoms with Crippen LogP contribution in [-0.4, -0.2) is 162 Å². The lowest BCUT2D eigenvalue weighted by atomic mass is 9.74. The molecular formula is C60H87N5O14. The molecule has 3 unspecified atom stereocenters. The van der Waals surface area contributed by atoms with Crippen LogP contribution in [0, 0.1) is 30.6 Å². The van der Waals surface area contributed by atoms with Crippen LogP contribution in [0.25, 0.3) is 16.9 Å². The van der Waals surface area contributed by atoms with Crippen LogP contribution in [0.3, 0.4) is 0 Å². The second-order valence-corrected chi connectivity index (χ2v) is 23.5. The lowest BCUT2D eigenvalue weighted by molar-refractivity contribution is -0.319. The molecule has 0 saturated carbocycles. The molecular weight excluding hydrogens is 1010 g/mol. The summed E-state index contributed by atoms with van der Waals surface area (Å²) in [6, 6.07) is 18.9. The normalized spacial score (nSPS) is 36.2. The molecule has 0 radical (unpaired) electrons. The number of rotatable bonds is 15. The standard InChI is InChI=1S/C60H87N5O14/c1-15-47-60(11,72)53(69)37(5)50(67)35(3)29-59(10,74-14)55(38(6)52(39(7)56(71)77-47)78-49-30-58(9,73-13)54(70)40(8)76-49)79-57-51(68)46(28-36(4)75-57)63(12)32-42-17-21-43(22-18-42)45-33-64(62-61-45)27-26-41-19-23-44(24-20-41)65-31-34(2)16-25-48(65)66/h16-25,31,33,35-40,46-47,49,51-55,57,68-70,72H,15,26-30,32H2,1-14H3/t35-,36-,37+,38+,39-,40+,46+,47?,49?,51-,52-,53-,54+,55-,57?,58-,59+,60-/m1/s1. The number of aliphatic hydroxyl groups is 4. The number of benzene rings is 2. The Kier molecular flexibility index (Phi) is 20.0. The highest BCUT2D eigenvalue weighted by Crippen LogP contribution is 2.42. The van der Waals surface area contributed by atoms with Crippen LogP contribution in [0.15, 0.2) is 77.9 Å². The number of aliphatic hydroxyl groups excluding tert-OH is 3. The molecule has 0 aliphatic carbocycles. The van der Waals surface area contributed by atoms with E-state index in [1.165, 1.54) is 21.1 Å². The van der Waals surface area contributed by atoms with Gasteiger partial charge in [-0.15, -0.1) is 5.10 Å². The molecule has 0 bridgehead atoms. The van der Waals surface area contributed by atoms with Crippen LogP contribution in [0.1, 0.15) is 112 Å². The lowest BCUT2D eigenvalue weighted by Crippen LogP contribution is -2.61. The fraction of sp³-hybridized carbons (Fsp3) is 0.650. The maximum Gasteiger partial charge on any atom is 0.311 e. The number of hydrogen-bond donors (Lipinski definition) is 4. The average molecular weight is 1100 g/mol. The van der Waals surface area contributed by atoms with Crippen molar-refractivity contribution in [2.75, 3.05) is 21.3 Å². The van der Waals surface area contributed by atoms with Gasteiger partial charge in [-0.2, -0.15) is 0 Å². The molecule has 4 N–H and O–H groups in total. The van der Waals surface area contributed by atoms with Gasteiger partial charge in [-0.3, -0.25) is 28.5 Å². The number of aromatic nitrogens is 4. The summed E-state index contributed by atoms with van der Waals surface area (Å²) < 4.78 is 48.4. The van der Waals surface area contributed by atoms with Gasteiger partial charge >= 0.3 is 5.97 Å². The van der Waals surface area contributed by atoms with Gasteiger partial charge < -0.3 is 53.6 Å². The minimum atomic E-state index is -2.01. The monoisotopic (exact) mass is 1100 g/mol. The minimum Gasteiger partial charge on any atom is -0.459 e. The molecule has 3 saturated heterocycles. The van der Waals surface area contributed by atoms with Crippen LogP contribution in [0.4, 0.5) is 0 Å². The number of ketones is 1. The number of ether oxygens (including phenoxy) is 7. The number of Topliss-reactive ketones (excluding diaryl/α,β-unsaturated/α-hetero) is 1. The second-order valence-electron chi connectivity index (χ2n) is 23.5. The lowest BCUT2D eigenvalue weighted by Gasteiger charge is -2.50. The molecule has 2 aromatic carbocycles. The van der Waals surface area contributed by atoms with E-state index in [1.807, 2.05) is 93.4 Å². The first-order valence-electron chi connectivity index (χ1n) is 27.9. The highest BCUT2D eigenvalue weighted by molar-refractivity contribution is 5.83. The van der Waals surface area contributed by atoms with Crippen LogP contribution in [0.2, 0.25) is 0 Å². The fourth-order valence-electron chi connectivity index (χ4n) is 12.1. The summed E-state index contributed by atoms with van der Waals surface area (Å²) in [6.45, 7) is 20.1. The third-order valence-corrected chi connectivity index (χ3v) is 17.3. The Morgan fingerprint density at radius 1 is 0.797 bits per heavy atom. The quantitative estimate of drug-likeness (QED) is 0.100. The molecule has 436 valence electrons. The molecule has 5 heterocycles. The molecule has 4 aromatic rings. The first-order valence-corrected chi connectivity index (χ1v) is 27.9. The van der Waals surface area contributed by atoms with Gasteiger partial charge in [0.25, 0.3) is 5.56 Å². The Hall–Kier alpha value is -4.77. The zero-order valence-corrected chi connectivity index (χ0v) is 48.6. The van der Waals surface area contributed by atoms with E-state index in [9.17, 15) is 34.8 Å². The summed E-state index contributed by atoms with van der Waals surface area (Å²) in [5, 5.41) is 55.9. The molecule has 3 fully saturated rings. The molecule has 0 amide bonds. The number of carbonyl (C=O) groups excluding carboxylic acids is 2. The van der Waals surface area contributed by atoms with Crippen molar-refractivity contribution in [1.82, 2.24) is 24.5 Å². The number of carbonyl (C=O) groups is 2. The van der Waals surface area contributed by atoms with Gasteiger partial charge in [-0.1, -0.05) is 75.4 Å². The fourth-order valence-corrected chi connectivity index (χ4v) is 12.1. The molecule has 7 rings (SSSR count). The number of cyclic esters (lactones) is 1. The van der Waals surface area contributed by atoms with Crippen LogP contribution >= 0.6 is 0 Å². The maximum absolute atomic E-state index is 14.5. The van der Waals surface area contributed by atoms with Crippen LogP contribution in [-0.2, 0) is 62.3 Å². The van der Waals surface area contributed by atoms with Gasteiger partial charge in [0, 0.05) is 81.0 Å². The van der Waals surface area contributed by atoms with Crippen molar-refractivity contribution >= 4 is 11.8 Å². The van der Waals surface area contributed by atoms with Gasteiger partial charge in [0.15, 0.2) is 12.6 Å². The van der Waals surface area contributed by atoms with E-state index >= 15 is 0 Å². The summed E-state index contributed by atoms with van der Waals surface area (Å²) in [4.78, 5) is 43.3. The summed E-state index contributed by atoms with van der Waals surface area (Å²) in [5.74, 6) is -4.76. The van der Waals surface area contributed by atoms with Crippen LogP contribution in [0.5, 0.6) is 0 Å². The van der Waals surface area contributed by atoms with Crippen molar-refractivity contribution < 1.29 is 63.2 Å². The van der Waals surface area contributed by atoms with Crippen LogP contribution < -0.4 is 5.56 Å². The smallest absolute Gasteiger partial charge is 0.311 e.